The van der Waals surface area contributed by atoms with E-state index in [1.54, 1.807) is 5.57 Å². The van der Waals surface area contributed by atoms with Gasteiger partial charge in [-0.1, -0.05) is 98.6 Å². The Kier molecular flexibility index (Phi) is 12.2. The average molecular weight is 405 g/mol. The predicted octanol–water partition coefficient (Wildman–Crippen LogP) is 10.4. The van der Waals surface area contributed by atoms with Gasteiger partial charge in [0.2, 0.25) is 0 Å². The Morgan fingerprint density at radius 1 is 1.14 bits per heavy atom. The van der Waals surface area contributed by atoms with Crippen LogP contribution in [-0.2, 0) is 0 Å². The molecule has 0 bridgehead atoms. The molecule has 0 aliphatic heterocycles. The molecule has 0 spiro atoms. The van der Waals surface area contributed by atoms with Crippen LogP contribution in [0, 0.1) is 28.6 Å². The van der Waals surface area contributed by atoms with Crippen molar-refractivity contribution in [3.8, 4) is 0 Å². The van der Waals surface area contributed by atoms with Crippen molar-refractivity contribution in [3.63, 3.8) is 0 Å². The second kappa shape index (κ2) is 13.2. The number of hydrogen-bond donors (Lipinski definition) is 0. The Morgan fingerprint density at radius 3 is 2.41 bits per heavy atom. The lowest BCUT2D eigenvalue weighted by molar-refractivity contribution is 0.0923. The number of unbranched alkanes of at least 4 members (excludes halogenated alkanes) is 1. The van der Waals surface area contributed by atoms with Gasteiger partial charge in [0, 0.05) is 0 Å². The Labute approximate surface area is 185 Å². The molecule has 1 fully saturated rings. The molecule has 29 heavy (non-hydrogen) atoms. The highest BCUT2D eigenvalue weighted by Crippen LogP contribution is 2.52. The maximum atomic E-state index is 2.63. The minimum Gasteiger partial charge on any atom is -0.0882 e. The van der Waals surface area contributed by atoms with Crippen LogP contribution in [0.4, 0.5) is 0 Å². The fourth-order valence-corrected chi connectivity index (χ4v) is 6.50. The van der Waals surface area contributed by atoms with Crippen molar-refractivity contribution in [1.29, 1.82) is 0 Å². The summed E-state index contributed by atoms with van der Waals surface area (Å²) in [7, 11) is 0. The second-order valence-corrected chi connectivity index (χ2v) is 11.3. The summed E-state index contributed by atoms with van der Waals surface area (Å²) in [4.78, 5) is 0. The van der Waals surface area contributed by atoms with Crippen molar-refractivity contribution in [2.24, 2.45) is 28.6 Å². The molecule has 1 aliphatic carbocycles. The summed E-state index contributed by atoms with van der Waals surface area (Å²) in [6.45, 7) is 19.5. The van der Waals surface area contributed by atoms with Gasteiger partial charge < -0.3 is 0 Å². The lowest BCUT2D eigenvalue weighted by Gasteiger charge is -2.41. The van der Waals surface area contributed by atoms with Crippen molar-refractivity contribution in [3.05, 3.63) is 11.6 Å². The van der Waals surface area contributed by atoms with Gasteiger partial charge in [-0.2, -0.15) is 0 Å². The van der Waals surface area contributed by atoms with E-state index in [0.29, 0.717) is 10.8 Å². The van der Waals surface area contributed by atoms with Gasteiger partial charge in [0.15, 0.2) is 0 Å². The van der Waals surface area contributed by atoms with E-state index in [-0.39, 0.29) is 0 Å². The molecule has 0 amide bonds. The van der Waals surface area contributed by atoms with E-state index in [4.69, 9.17) is 0 Å². The zero-order valence-electron chi connectivity index (χ0n) is 21.7. The van der Waals surface area contributed by atoms with Crippen LogP contribution < -0.4 is 0 Å². The molecule has 0 heteroatoms. The molecular weight excluding hydrogens is 348 g/mol. The highest BCUT2D eigenvalue weighted by molar-refractivity contribution is 5.04. The zero-order valence-corrected chi connectivity index (χ0v) is 21.7. The van der Waals surface area contributed by atoms with E-state index in [2.05, 4.69) is 61.5 Å². The molecule has 5 atom stereocenters. The second-order valence-electron chi connectivity index (χ2n) is 11.3. The Balaban J connectivity index is 2.56. The van der Waals surface area contributed by atoms with Crippen molar-refractivity contribution < 1.29 is 0 Å². The van der Waals surface area contributed by atoms with Gasteiger partial charge in [0.25, 0.3) is 0 Å². The SMILES string of the molecule is CC=C(CCCC1CCC(C)(CC(CC)C(C)(CC)CCCC)C1)C(C)CCC. The average Bonchev–Trinajstić information content (AvgIpc) is 3.08. The highest BCUT2D eigenvalue weighted by Gasteiger charge is 2.40. The molecule has 0 N–H and O–H groups in total. The van der Waals surface area contributed by atoms with Crippen LogP contribution in [0.5, 0.6) is 0 Å². The summed E-state index contributed by atoms with van der Waals surface area (Å²) in [5, 5.41) is 0. The summed E-state index contributed by atoms with van der Waals surface area (Å²) < 4.78 is 0. The van der Waals surface area contributed by atoms with Crippen LogP contribution in [0.3, 0.4) is 0 Å². The van der Waals surface area contributed by atoms with Crippen LogP contribution in [0.25, 0.3) is 0 Å². The standard InChI is InChI=1S/C29H56/c1-9-14-20-29(8,13-5)27(12-4)23-28(7)21-19-25(22-28)17-15-18-26(11-3)24(6)16-10-2/h11,24-25,27H,9-10,12-23H2,1-8H3. The predicted molar refractivity (Wildman–Crippen MR) is 133 cm³/mol. The zero-order chi connectivity index (χ0) is 21.9. The first-order chi connectivity index (χ1) is 13.8. The first-order valence-corrected chi connectivity index (χ1v) is 13.4. The lowest BCUT2D eigenvalue weighted by atomic mass is 9.64. The summed E-state index contributed by atoms with van der Waals surface area (Å²) in [5.41, 5.74) is 2.88. The Morgan fingerprint density at radius 2 is 1.86 bits per heavy atom. The molecule has 0 aromatic carbocycles. The normalized spacial score (nSPS) is 27.0. The number of rotatable bonds is 15. The Hall–Kier alpha value is -0.260. The maximum Gasteiger partial charge on any atom is -0.0232 e. The molecule has 172 valence electrons. The quantitative estimate of drug-likeness (QED) is 0.238. The molecule has 0 saturated heterocycles. The topological polar surface area (TPSA) is 0 Å². The lowest BCUT2D eigenvalue weighted by Crippen LogP contribution is -2.31. The van der Waals surface area contributed by atoms with Gasteiger partial charge in [0.05, 0.1) is 0 Å². The van der Waals surface area contributed by atoms with E-state index in [1.807, 2.05) is 0 Å². The van der Waals surface area contributed by atoms with Crippen molar-refractivity contribution in [2.45, 2.75) is 145 Å². The largest absolute Gasteiger partial charge is 0.0882 e. The molecule has 1 rings (SSSR count). The summed E-state index contributed by atoms with van der Waals surface area (Å²) in [5.74, 6) is 2.69. The third-order valence-electron chi connectivity index (χ3n) is 8.87. The van der Waals surface area contributed by atoms with Crippen molar-refractivity contribution in [1.82, 2.24) is 0 Å². The molecule has 1 saturated carbocycles. The summed E-state index contributed by atoms with van der Waals surface area (Å²) in [6, 6.07) is 0. The molecule has 0 radical (unpaired) electrons. The van der Waals surface area contributed by atoms with Crippen LogP contribution in [-0.4, -0.2) is 0 Å². The van der Waals surface area contributed by atoms with Gasteiger partial charge in [-0.15, -0.1) is 0 Å². The van der Waals surface area contributed by atoms with Crippen molar-refractivity contribution >= 4 is 0 Å². The Bertz CT molecular complexity index is 461. The van der Waals surface area contributed by atoms with Crippen LogP contribution in [0.15, 0.2) is 11.6 Å². The minimum atomic E-state index is 0.558. The van der Waals surface area contributed by atoms with E-state index < -0.39 is 0 Å². The molecule has 0 heterocycles. The minimum absolute atomic E-state index is 0.558. The van der Waals surface area contributed by atoms with Gasteiger partial charge in [-0.25, -0.2) is 0 Å². The molecule has 0 aromatic rings. The monoisotopic (exact) mass is 404 g/mol. The third-order valence-corrected chi connectivity index (χ3v) is 8.87. The molecular formula is C29H56. The molecule has 5 unspecified atom stereocenters. The number of allylic oxidation sites excluding steroid dienone is 2. The van der Waals surface area contributed by atoms with E-state index >= 15 is 0 Å². The fraction of sp³-hybridized carbons (Fsp3) is 0.931. The summed E-state index contributed by atoms with van der Waals surface area (Å²) in [6.07, 6.45) is 22.1. The third kappa shape index (κ3) is 8.41. The molecule has 0 aromatic heterocycles. The van der Waals surface area contributed by atoms with Crippen LogP contribution >= 0.6 is 0 Å². The first kappa shape index (κ1) is 26.8. The van der Waals surface area contributed by atoms with Crippen LogP contribution in [0.2, 0.25) is 0 Å². The van der Waals surface area contributed by atoms with Crippen molar-refractivity contribution in [2.75, 3.05) is 0 Å². The van der Waals surface area contributed by atoms with Gasteiger partial charge >= 0.3 is 0 Å². The smallest absolute Gasteiger partial charge is 0.0232 e. The van der Waals surface area contributed by atoms with Gasteiger partial charge in [-0.3, -0.25) is 0 Å². The molecule has 0 nitrogen and oxygen atoms in total. The maximum absolute atomic E-state index is 2.63. The molecule has 1 aliphatic rings. The fourth-order valence-electron chi connectivity index (χ4n) is 6.50. The summed E-state index contributed by atoms with van der Waals surface area (Å²) >= 11 is 0. The first-order valence-electron chi connectivity index (χ1n) is 13.4. The van der Waals surface area contributed by atoms with E-state index in [0.717, 1.165) is 17.8 Å². The number of hydrogen-bond acceptors (Lipinski definition) is 0. The van der Waals surface area contributed by atoms with E-state index in [1.165, 1.54) is 89.9 Å². The van der Waals surface area contributed by atoms with Gasteiger partial charge in [-0.05, 0) is 86.9 Å². The highest BCUT2D eigenvalue weighted by atomic mass is 14.5. The van der Waals surface area contributed by atoms with E-state index in [9.17, 15) is 0 Å². The van der Waals surface area contributed by atoms with Crippen LogP contribution in [0.1, 0.15) is 145 Å². The van der Waals surface area contributed by atoms with Gasteiger partial charge in [0.1, 0.15) is 0 Å².